The first-order chi connectivity index (χ1) is 15.5. The summed E-state index contributed by atoms with van der Waals surface area (Å²) >= 11 is 0. The molecule has 32 heavy (non-hydrogen) atoms. The Morgan fingerprint density at radius 3 is 2.53 bits per heavy atom. The topological polar surface area (TPSA) is 117 Å². The summed E-state index contributed by atoms with van der Waals surface area (Å²) < 4.78 is 44.9. The monoisotopic (exact) mass is 455 g/mol. The summed E-state index contributed by atoms with van der Waals surface area (Å²) in [6.45, 7) is 0.173. The van der Waals surface area contributed by atoms with Crippen LogP contribution >= 0.6 is 0 Å². The van der Waals surface area contributed by atoms with E-state index in [1.165, 1.54) is 16.6 Å². The fraction of sp³-hybridized carbons (Fsp3) is 0.190. The van der Waals surface area contributed by atoms with Crippen LogP contribution < -0.4 is 18.9 Å². The van der Waals surface area contributed by atoms with E-state index in [0.717, 1.165) is 0 Å². The highest BCUT2D eigenvalue weighted by Gasteiger charge is 2.16. The second-order valence-corrected chi connectivity index (χ2v) is 8.36. The molecular weight excluding hydrogens is 434 g/mol. The van der Waals surface area contributed by atoms with Gasteiger partial charge in [0, 0.05) is 18.7 Å². The number of aromatic nitrogens is 4. The van der Waals surface area contributed by atoms with E-state index in [0.29, 0.717) is 34.4 Å². The molecule has 2 aromatic heterocycles. The number of nitrogens with zero attached hydrogens (tertiary/aromatic N) is 4. The van der Waals surface area contributed by atoms with Gasteiger partial charge in [0.2, 0.25) is 15.9 Å². The second-order valence-electron chi connectivity index (χ2n) is 6.59. The molecule has 0 amide bonds. The van der Waals surface area contributed by atoms with Crippen LogP contribution in [0.1, 0.15) is 0 Å². The Morgan fingerprint density at radius 2 is 1.78 bits per heavy atom. The number of ether oxygens (including phenoxy) is 3. The number of benzene rings is 2. The lowest BCUT2D eigenvalue weighted by Gasteiger charge is -2.10. The predicted octanol–water partition coefficient (Wildman–Crippen LogP) is 2.17. The van der Waals surface area contributed by atoms with E-state index in [1.54, 1.807) is 56.7 Å². The predicted molar refractivity (Wildman–Crippen MR) is 116 cm³/mol. The van der Waals surface area contributed by atoms with Crippen molar-refractivity contribution in [3.8, 4) is 28.8 Å². The highest BCUT2D eigenvalue weighted by atomic mass is 32.2. The van der Waals surface area contributed by atoms with Gasteiger partial charge in [0.15, 0.2) is 11.5 Å². The molecule has 0 saturated carbocycles. The van der Waals surface area contributed by atoms with Crippen LogP contribution in [0.4, 0.5) is 0 Å². The number of rotatable bonds is 9. The summed E-state index contributed by atoms with van der Waals surface area (Å²) in [5.41, 5.74) is 1.20. The first kappa shape index (κ1) is 21.5. The molecule has 0 bridgehead atoms. The lowest BCUT2D eigenvalue weighted by atomic mass is 10.2. The van der Waals surface area contributed by atoms with Crippen LogP contribution in [0.3, 0.4) is 0 Å². The van der Waals surface area contributed by atoms with Crippen LogP contribution in [0.5, 0.6) is 17.4 Å². The van der Waals surface area contributed by atoms with Crippen LogP contribution in [0.15, 0.2) is 65.6 Å². The lowest BCUT2D eigenvalue weighted by Crippen LogP contribution is -2.28. The molecule has 0 aliphatic heterocycles. The van der Waals surface area contributed by atoms with Gasteiger partial charge < -0.3 is 14.2 Å². The largest absolute Gasteiger partial charge is 0.497 e. The van der Waals surface area contributed by atoms with Crippen molar-refractivity contribution in [2.45, 2.75) is 4.90 Å². The smallest absolute Gasteiger partial charge is 0.240 e. The Kier molecular flexibility index (Phi) is 6.19. The number of hydrogen-bond acceptors (Lipinski definition) is 8. The quantitative estimate of drug-likeness (QED) is 0.382. The number of fused-ring (bicyclic) bond motifs is 1. The average Bonchev–Trinajstić information content (AvgIpc) is 3.25. The molecule has 0 spiro atoms. The lowest BCUT2D eigenvalue weighted by molar-refractivity contribution is 0.306. The molecule has 11 heteroatoms. The Labute approximate surface area is 184 Å². The fourth-order valence-electron chi connectivity index (χ4n) is 3.01. The van der Waals surface area contributed by atoms with Gasteiger partial charge in [0.1, 0.15) is 18.1 Å². The standard InChI is InChI=1S/C21H21N5O5S/c1-29-15-8-9-17(18(14-15)30-2)21-24-23-19-10-11-20(25-26(19)21)31-13-12-22-32(27,28)16-6-4-3-5-7-16/h3-11,14,22H,12-13H2,1-2H3. The van der Waals surface area contributed by atoms with Crippen LogP contribution in [0.25, 0.3) is 17.0 Å². The minimum atomic E-state index is -3.60. The molecule has 4 aromatic rings. The zero-order valence-electron chi connectivity index (χ0n) is 17.4. The van der Waals surface area contributed by atoms with Crippen LogP contribution in [0.2, 0.25) is 0 Å². The van der Waals surface area contributed by atoms with E-state index in [1.807, 2.05) is 6.07 Å². The SMILES string of the molecule is COc1ccc(-c2nnc3ccc(OCCNS(=O)(=O)c4ccccc4)nn23)c(OC)c1. The van der Waals surface area contributed by atoms with E-state index in [9.17, 15) is 8.42 Å². The van der Waals surface area contributed by atoms with Crippen molar-refractivity contribution in [1.82, 2.24) is 24.5 Å². The van der Waals surface area contributed by atoms with E-state index in [4.69, 9.17) is 14.2 Å². The normalized spacial score (nSPS) is 11.4. The third-order valence-electron chi connectivity index (χ3n) is 4.59. The Hall–Kier alpha value is -3.70. The van der Waals surface area contributed by atoms with Crippen molar-refractivity contribution in [1.29, 1.82) is 0 Å². The van der Waals surface area contributed by atoms with Gasteiger partial charge in [0.05, 0.1) is 24.7 Å². The van der Waals surface area contributed by atoms with E-state index >= 15 is 0 Å². The van der Waals surface area contributed by atoms with Gasteiger partial charge in [-0.15, -0.1) is 15.3 Å². The van der Waals surface area contributed by atoms with Gasteiger partial charge in [0.25, 0.3) is 0 Å². The first-order valence-corrected chi connectivity index (χ1v) is 11.1. The Bertz CT molecular complexity index is 1330. The van der Waals surface area contributed by atoms with E-state index in [-0.39, 0.29) is 18.0 Å². The van der Waals surface area contributed by atoms with Crippen LogP contribution in [-0.4, -0.2) is 55.6 Å². The Morgan fingerprint density at radius 1 is 0.969 bits per heavy atom. The van der Waals surface area contributed by atoms with Gasteiger partial charge in [-0.25, -0.2) is 13.1 Å². The molecule has 0 radical (unpaired) electrons. The average molecular weight is 455 g/mol. The number of nitrogens with one attached hydrogen (secondary N) is 1. The molecule has 0 fully saturated rings. The van der Waals surface area contributed by atoms with Crippen molar-refractivity contribution < 1.29 is 22.6 Å². The van der Waals surface area contributed by atoms with Crippen LogP contribution in [0, 0.1) is 0 Å². The minimum absolute atomic E-state index is 0.0816. The number of sulfonamides is 1. The summed E-state index contributed by atoms with van der Waals surface area (Å²) in [6.07, 6.45) is 0. The molecule has 0 atom stereocenters. The van der Waals surface area contributed by atoms with Crippen molar-refractivity contribution in [2.24, 2.45) is 0 Å². The molecule has 166 valence electrons. The number of methoxy groups -OCH3 is 2. The second kappa shape index (κ2) is 9.20. The first-order valence-electron chi connectivity index (χ1n) is 9.64. The van der Waals surface area contributed by atoms with E-state index in [2.05, 4.69) is 20.0 Å². The maximum Gasteiger partial charge on any atom is 0.240 e. The summed E-state index contributed by atoms with van der Waals surface area (Å²) in [4.78, 5) is 0.196. The maximum atomic E-state index is 12.3. The molecule has 2 aromatic carbocycles. The molecule has 0 saturated heterocycles. The zero-order chi connectivity index (χ0) is 22.6. The van der Waals surface area contributed by atoms with Crippen molar-refractivity contribution in [3.05, 3.63) is 60.7 Å². The van der Waals surface area contributed by atoms with Gasteiger partial charge in [-0.3, -0.25) is 0 Å². The summed E-state index contributed by atoms with van der Waals surface area (Å²) in [5.74, 6) is 1.97. The van der Waals surface area contributed by atoms with Crippen molar-refractivity contribution in [3.63, 3.8) is 0 Å². The molecule has 2 heterocycles. The molecule has 0 unspecified atom stereocenters. The highest BCUT2D eigenvalue weighted by molar-refractivity contribution is 7.89. The molecule has 0 aliphatic rings. The molecule has 0 aliphatic carbocycles. The third-order valence-corrected chi connectivity index (χ3v) is 6.06. The van der Waals surface area contributed by atoms with Gasteiger partial charge >= 0.3 is 0 Å². The maximum absolute atomic E-state index is 12.3. The summed E-state index contributed by atoms with van der Waals surface area (Å²) in [7, 11) is -0.465. The van der Waals surface area contributed by atoms with Gasteiger partial charge in [-0.05, 0) is 30.3 Å². The van der Waals surface area contributed by atoms with Gasteiger partial charge in [-0.2, -0.15) is 4.52 Å². The molecule has 10 nitrogen and oxygen atoms in total. The van der Waals surface area contributed by atoms with E-state index < -0.39 is 10.0 Å². The van der Waals surface area contributed by atoms with Crippen molar-refractivity contribution >= 4 is 15.7 Å². The number of hydrogen-bond donors (Lipinski definition) is 1. The molecule has 1 N–H and O–H groups in total. The zero-order valence-corrected chi connectivity index (χ0v) is 18.2. The minimum Gasteiger partial charge on any atom is -0.497 e. The third kappa shape index (κ3) is 4.48. The van der Waals surface area contributed by atoms with Crippen molar-refractivity contribution in [2.75, 3.05) is 27.4 Å². The summed E-state index contributed by atoms with van der Waals surface area (Å²) in [5, 5.41) is 12.8. The summed E-state index contributed by atoms with van der Waals surface area (Å²) in [6, 6.07) is 16.8. The molecular formula is C21H21N5O5S. The Balaban J connectivity index is 1.49. The molecule has 4 rings (SSSR count). The highest BCUT2D eigenvalue weighted by Crippen LogP contribution is 2.32. The van der Waals surface area contributed by atoms with Gasteiger partial charge in [-0.1, -0.05) is 18.2 Å². The van der Waals surface area contributed by atoms with Crippen LogP contribution in [-0.2, 0) is 10.0 Å². The fourth-order valence-corrected chi connectivity index (χ4v) is 4.05.